The van der Waals surface area contributed by atoms with Crippen molar-refractivity contribution in [2.24, 2.45) is 0 Å². The second-order valence-electron chi connectivity index (χ2n) is 0.970. The van der Waals surface area contributed by atoms with E-state index in [2.05, 4.69) is 9.69 Å². The van der Waals surface area contributed by atoms with E-state index >= 15 is 0 Å². The van der Waals surface area contributed by atoms with Gasteiger partial charge in [-0.15, -0.1) is 0 Å². The topological polar surface area (TPSA) is 46.0 Å². The molecule has 0 unspecified atom stereocenters. The number of nitrogens with zero attached hydrogens (tertiary/aromatic N) is 2. The Labute approximate surface area is 46.0 Å². The summed E-state index contributed by atoms with van der Waals surface area (Å²) in [5.74, 6) is -1.38. The van der Waals surface area contributed by atoms with Gasteiger partial charge in [0.2, 0.25) is 0 Å². The predicted molar refractivity (Wildman–Crippen MR) is 24.6 cm³/mol. The number of rotatable bonds is 1. The van der Waals surface area contributed by atoms with Gasteiger partial charge in [-0.1, -0.05) is 0 Å². The zero-order valence-electron chi connectivity index (χ0n) is 3.83. The van der Waals surface area contributed by atoms with Crippen molar-refractivity contribution < 1.29 is 9.90 Å². The molecule has 0 aliphatic heterocycles. The molecule has 0 saturated carbocycles. The van der Waals surface area contributed by atoms with E-state index < -0.39 is 12.1 Å². The number of carbonyl (C=O) groups is 1. The van der Waals surface area contributed by atoms with Gasteiger partial charge >= 0.3 is 12.1 Å². The number of hydrogen-bond acceptors (Lipinski definition) is 1. The number of carboxylic acids is 1. The molecule has 0 fully saturated rings. The largest absolute Gasteiger partial charge is 0.573 e. The molecule has 0 aliphatic rings. The first-order valence-corrected chi connectivity index (χ1v) is 1.68. The van der Waals surface area contributed by atoms with Gasteiger partial charge in [0.1, 0.15) is 0 Å². The van der Waals surface area contributed by atoms with Crippen molar-refractivity contribution in [2.45, 2.75) is 6.17 Å². The molecule has 8 heavy (non-hydrogen) atoms. The summed E-state index contributed by atoms with van der Waals surface area (Å²) in [6.45, 7) is 12.2. The van der Waals surface area contributed by atoms with Crippen molar-refractivity contribution in [3.8, 4) is 0 Å². The second-order valence-corrected chi connectivity index (χ2v) is 0.970. The average molecular weight is 110 g/mol. The molecule has 0 aromatic rings. The van der Waals surface area contributed by atoms with E-state index in [-0.39, 0.29) is 0 Å². The van der Waals surface area contributed by atoms with Crippen LogP contribution in [0.2, 0.25) is 0 Å². The smallest absolute Gasteiger partial charge is 0.469 e. The van der Waals surface area contributed by atoms with Crippen LogP contribution in [0.15, 0.2) is 0 Å². The maximum Gasteiger partial charge on any atom is 0.573 e. The predicted octanol–water partition coefficient (Wildman–Crippen LogP) is 0.236. The molecule has 0 atom stereocenters. The molecule has 0 saturated heterocycles. The second kappa shape index (κ2) is 2.59. The van der Waals surface area contributed by atoms with Crippen LogP contribution in [0.1, 0.15) is 0 Å². The molecule has 0 aromatic carbocycles. The standard InChI is InChI=1S/C4H2N2O2/c1-5-3(6-2)4(7)8/h3H,(H,7,8). The van der Waals surface area contributed by atoms with E-state index in [1.54, 1.807) is 0 Å². The van der Waals surface area contributed by atoms with Crippen LogP contribution in [0.4, 0.5) is 0 Å². The fourth-order valence-electron chi connectivity index (χ4n) is 0.139. The SMILES string of the molecule is [C-]#[N+]C([N+]#[C-])C(=O)O. The summed E-state index contributed by atoms with van der Waals surface area (Å²) in [6, 6.07) is 0. The summed E-state index contributed by atoms with van der Waals surface area (Å²) in [6.07, 6.45) is -1.55. The Hall–Kier alpha value is -1.55. The van der Waals surface area contributed by atoms with Gasteiger partial charge in [0.25, 0.3) is 0 Å². The van der Waals surface area contributed by atoms with E-state index in [4.69, 9.17) is 18.3 Å². The van der Waals surface area contributed by atoms with E-state index in [1.165, 1.54) is 0 Å². The van der Waals surface area contributed by atoms with Crippen LogP contribution in [-0.2, 0) is 4.79 Å². The first-order valence-electron chi connectivity index (χ1n) is 1.68. The highest BCUT2D eigenvalue weighted by molar-refractivity contribution is 5.76. The summed E-state index contributed by atoms with van der Waals surface area (Å²) < 4.78 is 0. The van der Waals surface area contributed by atoms with Crippen molar-refractivity contribution in [1.29, 1.82) is 0 Å². The van der Waals surface area contributed by atoms with Gasteiger partial charge in [0.05, 0.1) is 0 Å². The molecule has 1 N–H and O–H groups in total. The Morgan fingerprint density at radius 1 is 1.50 bits per heavy atom. The van der Waals surface area contributed by atoms with Crippen LogP contribution in [0.25, 0.3) is 9.69 Å². The Morgan fingerprint density at radius 2 is 1.88 bits per heavy atom. The van der Waals surface area contributed by atoms with Gasteiger partial charge in [-0.3, -0.25) is 0 Å². The molecule has 0 aromatic heterocycles. The molecule has 0 rings (SSSR count). The van der Waals surface area contributed by atoms with E-state index in [1.807, 2.05) is 0 Å². The number of aliphatic carboxylic acids is 1. The van der Waals surface area contributed by atoms with Gasteiger partial charge in [-0.2, -0.15) is 0 Å². The maximum atomic E-state index is 9.73. The van der Waals surface area contributed by atoms with Crippen molar-refractivity contribution in [2.75, 3.05) is 0 Å². The molecular weight excluding hydrogens is 108 g/mol. The lowest BCUT2D eigenvalue weighted by Crippen LogP contribution is -2.09. The Balaban J connectivity index is 4.02. The van der Waals surface area contributed by atoms with Crippen LogP contribution >= 0.6 is 0 Å². The highest BCUT2D eigenvalue weighted by atomic mass is 16.4. The molecule has 0 radical (unpaired) electrons. The zero-order valence-corrected chi connectivity index (χ0v) is 3.83. The highest BCUT2D eigenvalue weighted by Gasteiger charge is 2.26. The van der Waals surface area contributed by atoms with Crippen molar-refractivity contribution in [3.05, 3.63) is 22.8 Å². The molecule has 0 spiro atoms. The summed E-state index contributed by atoms with van der Waals surface area (Å²) in [4.78, 5) is 14.7. The number of hydrogen-bond donors (Lipinski definition) is 1. The summed E-state index contributed by atoms with van der Waals surface area (Å²) in [5, 5.41) is 7.95. The minimum absolute atomic E-state index is 1.38. The number of carboxylic acid groups (broad SMARTS) is 1. The molecule has 0 heterocycles. The van der Waals surface area contributed by atoms with Crippen molar-refractivity contribution in [1.82, 2.24) is 0 Å². The quantitative estimate of drug-likeness (QED) is 0.491. The van der Waals surface area contributed by atoms with Gasteiger partial charge in [0, 0.05) is 0 Å². The van der Waals surface area contributed by atoms with E-state index in [9.17, 15) is 4.79 Å². The molecule has 0 aliphatic carbocycles. The summed E-state index contributed by atoms with van der Waals surface area (Å²) in [5.41, 5.74) is 0. The average Bonchev–Trinajstić information content (AvgIpc) is 1.69. The monoisotopic (exact) mass is 110 g/mol. The first kappa shape index (κ1) is 6.45. The molecular formula is C4H2N2O2. The van der Waals surface area contributed by atoms with Crippen LogP contribution in [0, 0.1) is 13.1 Å². The Morgan fingerprint density at radius 3 is 1.88 bits per heavy atom. The Kier molecular flexibility index (Phi) is 2.09. The fraction of sp³-hybridized carbons (Fsp3) is 0.250. The van der Waals surface area contributed by atoms with Crippen LogP contribution in [0.5, 0.6) is 0 Å². The molecule has 4 nitrogen and oxygen atoms in total. The van der Waals surface area contributed by atoms with Crippen LogP contribution < -0.4 is 0 Å². The van der Waals surface area contributed by atoms with Gasteiger partial charge in [-0.25, -0.2) is 27.6 Å². The van der Waals surface area contributed by atoms with Gasteiger partial charge < -0.3 is 5.11 Å². The lowest BCUT2D eigenvalue weighted by atomic mass is 10.5. The van der Waals surface area contributed by atoms with Gasteiger partial charge in [-0.05, 0) is 0 Å². The minimum atomic E-state index is -1.55. The Bertz CT molecular complexity index is 159. The van der Waals surface area contributed by atoms with Gasteiger partial charge in [0.15, 0.2) is 0 Å². The van der Waals surface area contributed by atoms with Crippen molar-refractivity contribution >= 4 is 5.97 Å². The normalized spacial score (nSPS) is 7.38. The molecule has 0 bridgehead atoms. The summed E-state index contributed by atoms with van der Waals surface area (Å²) in [7, 11) is 0. The first-order chi connectivity index (χ1) is 3.72. The summed E-state index contributed by atoms with van der Waals surface area (Å²) >= 11 is 0. The van der Waals surface area contributed by atoms with E-state index in [0.29, 0.717) is 0 Å². The lowest BCUT2D eigenvalue weighted by Gasteiger charge is -1.78. The molecule has 0 amide bonds. The fourth-order valence-corrected chi connectivity index (χ4v) is 0.139. The van der Waals surface area contributed by atoms with E-state index in [0.717, 1.165) is 0 Å². The molecule has 4 heteroatoms. The third-order valence-electron chi connectivity index (χ3n) is 0.465. The minimum Gasteiger partial charge on any atom is -0.469 e. The molecule has 40 valence electrons. The maximum absolute atomic E-state index is 9.73. The zero-order chi connectivity index (χ0) is 6.57. The third kappa shape index (κ3) is 1.27. The van der Waals surface area contributed by atoms with Crippen LogP contribution in [0.3, 0.4) is 0 Å². The van der Waals surface area contributed by atoms with Crippen molar-refractivity contribution in [3.63, 3.8) is 0 Å². The third-order valence-corrected chi connectivity index (χ3v) is 0.465. The highest BCUT2D eigenvalue weighted by Crippen LogP contribution is 1.89. The lowest BCUT2D eigenvalue weighted by molar-refractivity contribution is -0.136. The van der Waals surface area contributed by atoms with Crippen LogP contribution in [-0.4, -0.2) is 17.2 Å².